The Kier molecular flexibility index (Phi) is 4.01. The van der Waals surface area contributed by atoms with Crippen LogP contribution < -0.4 is 5.32 Å². The van der Waals surface area contributed by atoms with Crippen LogP contribution in [0.1, 0.15) is 26.5 Å². The third kappa shape index (κ3) is 3.52. The lowest BCUT2D eigenvalue weighted by Gasteiger charge is -2.19. The molecule has 0 saturated heterocycles. The zero-order valence-electron chi connectivity index (χ0n) is 10.8. The summed E-state index contributed by atoms with van der Waals surface area (Å²) in [5.74, 6) is 0. The fraction of sp³-hybridized carbons (Fsp3) is 0.385. The van der Waals surface area contributed by atoms with Crippen molar-refractivity contribution in [3.63, 3.8) is 0 Å². The van der Waals surface area contributed by atoms with Crippen LogP contribution in [0.5, 0.6) is 0 Å². The molecule has 0 bridgehead atoms. The van der Waals surface area contributed by atoms with E-state index in [1.54, 1.807) is 0 Å². The van der Waals surface area contributed by atoms with Crippen LogP contribution in [0.15, 0.2) is 30.5 Å². The van der Waals surface area contributed by atoms with E-state index in [0.717, 1.165) is 21.5 Å². The first-order valence-electron chi connectivity index (χ1n) is 5.87. The number of para-hydroxylation sites is 1. The third-order valence-electron chi connectivity index (χ3n) is 2.44. The van der Waals surface area contributed by atoms with Gasteiger partial charge in [-0.05, 0) is 55.5 Å². The summed E-state index contributed by atoms with van der Waals surface area (Å²) in [6.45, 7) is 7.14. The maximum absolute atomic E-state index is 4.18. The minimum Gasteiger partial charge on any atom is -0.306 e. The molecule has 1 heterocycles. The van der Waals surface area contributed by atoms with Crippen molar-refractivity contribution < 1.29 is 0 Å². The molecule has 0 aliphatic heterocycles. The lowest BCUT2D eigenvalue weighted by atomic mass is 10.1. The highest BCUT2D eigenvalue weighted by Gasteiger charge is 2.11. The van der Waals surface area contributed by atoms with Crippen LogP contribution in [0.2, 0.25) is 0 Å². The second kappa shape index (κ2) is 5.36. The number of benzene rings is 1. The number of nitrogens with one attached hydrogen (secondary N) is 1. The van der Waals surface area contributed by atoms with Crippen molar-refractivity contribution in [3.8, 4) is 5.69 Å². The van der Waals surface area contributed by atoms with Gasteiger partial charge in [0.2, 0.25) is 0 Å². The minimum atomic E-state index is 0.0882. The van der Waals surface area contributed by atoms with Crippen LogP contribution >= 0.6 is 22.6 Å². The zero-order chi connectivity index (χ0) is 13.2. The van der Waals surface area contributed by atoms with Crippen molar-refractivity contribution in [2.75, 3.05) is 0 Å². The molecule has 5 heteroatoms. The zero-order valence-corrected chi connectivity index (χ0v) is 13.0. The topological polar surface area (TPSA) is 42.7 Å². The number of rotatable bonds is 3. The molecule has 0 aliphatic rings. The van der Waals surface area contributed by atoms with E-state index in [1.165, 1.54) is 0 Å². The third-order valence-corrected chi connectivity index (χ3v) is 3.35. The Hall–Kier alpha value is -0.950. The van der Waals surface area contributed by atoms with Crippen molar-refractivity contribution in [1.82, 2.24) is 20.3 Å². The maximum Gasteiger partial charge on any atom is 0.0969 e. The van der Waals surface area contributed by atoms with Crippen molar-refractivity contribution >= 4 is 22.6 Å². The molecule has 96 valence electrons. The van der Waals surface area contributed by atoms with Gasteiger partial charge >= 0.3 is 0 Å². The molecule has 2 rings (SSSR count). The molecule has 0 unspecified atom stereocenters. The molecule has 18 heavy (non-hydrogen) atoms. The highest BCUT2D eigenvalue weighted by molar-refractivity contribution is 14.1. The number of halogens is 1. The summed E-state index contributed by atoms with van der Waals surface area (Å²) in [7, 11) is 0. The van der Waals surface area contributed by atoms with Crippen LogP contribution in [0.3, 0.4) is 0 Å². The summed E-state index contributed by atoms with van der Waals surface area (Å²) in [5, 5.41) is 11.8. The summed E-state index contributed by atoms with van der Waals surface area (Å²) < 4.78 is 2.98. The first-order chi connectivity index (χ1) is 8.46. The Balaban J connectivity index is 2.14. The first kappa shape index (κ1) is 13.5. The van der Waals surface area contributed by atoms with E-state index in [2.05, 4.69) is 65.1 Å². The number of aromatic nitrogens is 3. The molecule has 0 atom stereocenters. The first-order valence-corrected chi connectivity index (χ1v) is 6.95. The van der Waals surface area contributed by atoms with Gasteiger partial charge in [0.15, 0.2) is 0 Å². The maximum atomic E-state index is 4.18. The molecule has 0 radical (unpaired) electrons. The highest BCUT2D eigenvalue weighted by atomic mass is 127. The van der Waals surface area contributed by atoms with Gasteiger partial charge in [0, 0.05) is 15.7 Å². The number of nitrogens with zero attached hydrogens (tertiary/aromatic N) is 3. The molecule has 2 aromatic rings. The van der Waals surface area contributed by atoms with Crippen molar-refractivity contribution in [2.45, 2.75) is 32.9 Å². The van der Waals surface area contributed by atoms with Gasteiger partial charge < -0.3 is 5.32 Å². The molecule has 1 aromatic heterocycles. The molecular weight excluding hydrogens is 339 g/mol. The summed E-state index contributed by atoms with van der Waals surface area (Å²) in [4.78, 5) is 0. The van der Waals surface area contributed by atoms with Gasteiger partial charge in [-0.15, -0.1) is 5.10 Å². The molecule has 0 fully saturated rings. The Bertz CT molecular complexity index is 528. The quantitative estimate of drug-likeness (QED) is 0.860. The van der Waals surface area contributed by atoms with E-state index < -0.39 is 0 Å². The molecular formula is C13H17IN4. The van der Waals surface area contributed by atoms with Gasteiger partial charge in [0.25, 0.3) is 0 Å². The summed E-state index contributed by atoms with van der Waals surface area (Å²) in [6.07, 6.45) is 1.97. The van der Waals surface area contributed by atoms with Gasteiger partial charge in [-0.25, -0.2) is 4.68 Å². The van der Waals surface area contributed by atoms with Gasteiger partial charge in [-0.2, -0.15) is 0 Å². The molecule has 4 nitrogen and oxygen atoms in total. The fourth-order valence-corrected chi connectivity index (χ4v) is 2.12. The van der Waals surface area contributed by atoms with Crippen molar-refractivity contribution in [1.29, 1.82) is 0 Å². The summed E-state index contributed by atoms with van der Waals surface area (Å²) >= 11 is 2.30. The van der Waals surface area contributed by atoms with Crippen LogP contribution in [0.4, 0.5) is 0 Å². The van der Waals surface area contributed by atoms with E-state index >= 15 is 0 Å². The second-order valence-corrected chi connectivity index (χ2v) is 6.37. The minimum absolute atomic E-state index is 0.0882. The molecule has 0 spiro atoms. The molecule has 1 N–H and O–H groups in total. The van der Waals surface area contributed by atoms with Gasteiger partial charge in [-0.1, -0.05) is 17.3 Å². The van der Waals surface area contributed by atoms with Gasteiger partial charge in [0.05, 0.1) is 17.6 Å². The average Bonchev–Trinajstić information content (AvgIpc) is 2.75. The van der Waals surface area contributed by atoms with Crippen molar-refractivity contribution in [2.24, 2.45) is 0 Å². The molecule has 0 aliphatic carbocycles. The van der Waals surface area contributed by atoms with E-state index in [0.29, 0.717) is 0 Å². The fourth-order valence-electron chi connectivity index (χ4n) is 1.49. The van der Waals surface area contributed by atoms with Crippen LogP contribution in [-0.2, 0) is 6.54 Å². The number of hydrogen-bond acceptors (Lipinski definition) is 3. The largest absolute Gasteiger partial charge is 0.306 e. The van der Waals surface area contributed by atoms with E-state index in [-0.39, 0.29) is 5.54 Å². The van der Waals surface area contributed by atoms with E-state index in [9.17, 15) is 0 Å². The Morgan fingerprint density at radius 2 is 2.00 bits per heavy atom. The lowest BCUT2D eigenvalue weighted by molar-refractivity contribution is 0.421. The SMILES string of the molecule is CC(C)(C)NCc1cn(-c2ccccc2I)nn1. The van der Waals surface area contributed by atoms with E-state index in [4.69, 9.17) is 0 Å². The van der Waals surface area contributed by atoms with Crippen LogP contribution in [0.25, 0.3) is 5.69 Å². The Labute approximate surface area is 121 Å². The molecule has 1 aromatic carbocycles. The average molecular weight is 356 g/mol. The van der Waals surface area contributed by atoms with Crippen LogP contribution in [-0.4, -0.2) is 20.5 Å². The van der Waals surface area contributed by atoms with E-state index in [1.807, 2.05) is 29.1 Å². The highest BCUT2D eigenvalue weighted by Crippen LogP contribution is 2.15. The number of hydrogen-bond donors (Lipinski definition) is 1. The van der Waals surface area contributed by atoms with Gasteiger partial charge in [-0.3, -0.25) is 0 Å². The Morgan fingerprint density at radius 1 is 1.28 bits per heavy atom. The summed E-state index contributed by atoms with van der Waals surface area (Å²) in [6, 6.07) is 8.12. The predicted octanol–water partition coefficient (Wildman–Crippen LogP) is 2.76. The second-order valence-electron chi connectivity index (χ2n) is 5.21. The smallest absolute Gasteiger partial charge is 0.0969 e. The monoisotopic (exact) mass is 356 g/mol. The van der Waals surface area contributed by atoms with Gasteiger partial charge in [0.1, 0.15) is 0 Å². The lowest BCUT2D eigenvalue weighted by Crippen LogP contribution is -2.35. The van der Waals surface area contributed by atoms with Crippen molar-refractivity contribution in [3.05, 3.63) is 39.7 Å². The summed E-state index contributed by atoms with van der Waals surface area (Å²) in [5.41, 5.74) is 2.10. The van der Waals surface area contributed by atoms with Crippen LogP contribution in [0, 0.1) is 3.57 Å². The molecule has 0 amide bonds. The normalized spacial score (nSPS) is 11.8. The Morgan fingerprint density at radius 3 is 2.67 bits per heavy atom. The molecule has 0 saturated carbocycles. The standard InChI is InChI=1S/C13H17IN4/c1-13(2,3)15-8-10-9-18(17-16-10)12-7-5-4-6-11(12)14/h4-7,9,15H,8H2,1-3H3. The predicted molar refractivity (Wildman–Crippen MR) is 80.7 cm³/mol.